The van der Waals surface area contributed by atoms with Gasteiger partial charge in [0.05, 0.1) is 23.5 Å². The third kappa shape index (κ3) is 4.02. The Morgan fingerprint density at radius 2 is 2.10 bits per heavy atom. The molecule has 1 aliphatic rings. The van der Waals surface area contributed by atoms with Gasteiger partial charge in [0.25, 0.3) is 5.91 Å². The highest BCUT2D eigenvalue weighted by Crippen LogP contribution is 2.38. The number of aryl methyl sites for hydroxylation is 2. The molecule has 0 saturated carbocycles. The number of methoxy groups -OCH3 is 1. The quantitative estimate of drug-likeness (QED) is 0.556. The summed E-state index contributed by atoms with van der Waals surface area (Å²) in [5, 5.41) is 5.25. The van der Waals surface area contributed by atoms with Crippen molar-refractivity contribution in [2.45, 2.75) is 37.6 Å². The second kappa shape index (κ2) is 8.65. The Morgan fingerprint density at radius 1 is 1.30 bits per heavy atom. The van der Waals surface area contributed by atoms with Gasteiger partial charge in [0.15, 0.2) is 0 Å². The van der Waals surface area contributed by atoms with E-state index in [0.717, 1.165) is 57.6 Å². The van der Waals surface area contributed by atoms with E-state index in [1.54, 1.807) is 7.11 Å². The second-order valence-electron chi connectivity index (χ2n) is 7.25. The summed E-state index contributed by atoms with van der Waals surface area (Å²) in [6, 6.07) is 7.79. The highest BCUT2D eigenvalue weighted by Gasteiger charge is 2.25. The maximum Gasteiger partial charge on any atom is 0.251 e. The maximum atomic E-state index is 12.6. The number of rotatable bonds is 6. The van der Waals surface area contributed by atoms with E-state index in [-0.39, 0.29) is 11.7 Å². The summed E-state index contributed by atoms with van der Waals surface area (Å²) in [6.45, 7) is 2.02. The minimum atomic E-state index is -0.476. The van der Waals surface area contributed by atoms with Crippen LogP contribution in [0.3, 0.4) is 0 Å². The number of primary amides is 1. The van der Waals surface area contributed by atoms with E-state index < -0.39 is 5.91 Å². The summed E-state index contributed by atoms with van der Waals surface area (Å²) in [6.07, 6.45) is 3.93. The van der Waals surface area contributed by atoms with E-state index >= 15 is 0 Å². The van der Waals surface area contributed by atoms with Gasteiger partial charge in [-0.05, 0) is 55.9 Å². The Bertz CT molecular complexity index is 1140. The van der Waals surface area contributed by atoms with E-state index in [4.69, 9.17) is 10.5 Å². The molecule has 0 fully saturated rings. The Morgan fingerprint density at radius 3 is 2.87 bits per heavy atom. The van der Waals surface area contributed by atoms with Crippen molar-refractivity contribution in [2.75, 3.05) is 18.2 Å². The fourth-order valence-electron chi connectivity index (χ4n) is 3.82. The van der Waals surface area contributed by atoms with Crippen LogP contribution in [0.2, 0.25) is 0 Å². The number of fused-ring (bicyclic) bond motifs is 2. The van der Waals surface area contributed by atoms with Crippen molar-refractivity contribution in [2.24, 2.45) is 5.73 Å². The van der Waals surface area contributed by atoms with Crippen molar-refractivity contribution in [3.05, 3.63) is 45.8 Å². The monoisotopic (exact) mass is 441 g/mol. The lowest BCUT2D eigenvalue weighted by molar-refractivity contribution is -0.113. The average molecular weight is 442 g/mol. The number of nitrogens with two attached hydrogens (primary N) is 1. The summed E-state index contributed by atoms with van der Waals surface area (Å²) >= 11 is 2.83. The zero-order valence-electron chi connectivity index (χ0n) is 16.9. The first-order chi connectivity index (χ1) is 14.5. The third-order valence-corrected chi connectivity index (χ3v) is 7.35. The number of thiophene rings is 1. The molecule has 0 saturated heterocycles. The molecule has 156 valence electrons. The van der Waals surface area contributed by atoms with Crippen LogP contribution < -0.4 is 15.8 Å². The van der Waals surface area contributed by atoms with Crippen LogP contribution in [0.5, 0.6) is 5.75 Å². The fourth-order valence-corrected chi connectivity index (χ4v) is 5.89. The number of carbonyl (C=O) groups is 2. The topological polar surface area (TPSA) is 94.3 Å². The number of aromatic nitrogens is 1. The van der Waals surface area contributed by atoms with Gasteiger partial charge in [-0.25, -0.2) is 4.98 Å². The van der Waals surface area contributed by atoms with Crippen LogP contribution in [0.25, 0.3) is 10.9 Å². The molecule has 0 spiro atoms. The smallest absolute Gasteiger partial charge is 0.251 e. The van der Waals surface area contributed by atoms with Crippen LogP contribution in [0.1, 0.15) is 39.2 Å². The molecule has 2 amide bonds. The molecule has 2 heterocycles. The molecule has 2 aromatic heterocycles. The molecule has 4 rings (SSSR count). The van der Waals surface area contributed by atoms with Crippen molar-refractivity contribution in [1.29, 1.82) is 0 Å². The molecule has 30 heavy (non-hydrogen) atoms. The number of pyridine rings is 1. The number of hydrogen-bond donors (Lipinski definition) is 2. The minimum absolute atomic E-state index is 0.180. The average Bonchev–Trinajstić information content (AvgIpc) is 3.09. The molecular weight excluding hydrogens is 418 g/mol. The van der Waals surface area contributed by atoms with Gasteiger partial charge >= 0.3 is 0 Å². The number of hydrogen-bond acceptors (Lipinski definition) is 6. The first-order valence-electron chi connectivity index (χ1n) is 9.79. The molecule has 0 radical (unpaired) electrons. The van der Waals surface area contributed by atoms with Gasteiger partial charge in [-0.3, -0.25) is 9.59 Å². The Hall–Kier alpha value is -2.58. The lowest BCUT2D eigenvalue weighted by Crippen LogP contribution is -2.19. The first-order valence-corrected chi connectivity index (χ1v) is 11.6. The number of amides is 2. The highest BCUT2D eigenvalue weighted by atomic mass is 32.2. The number of ether oxygens (including phenoxy) is 1. The number of carbonyl (C=O) groups excluding carboxylic acids is 2. The number of thioether (sulfide) groups is 1. The molecule has 3 aromatic rings. The van der Waals surface area contributed by atoms with E-state index in [1.807, 2.05) is 31.2 Å². The number of nitrogens with one attached hydrogen (secondary N) is 1. The van der Waals surface area contributed by atoms with Gasteiger partial charge in [-0.15, -0.1) is 11.3 Å². The van der Waals surface area contributed by atoms with Gasteiger partial charge in [0, 0.05) is 10.3 Å². The molecule has 1 aliphatic carbocycles. The van der Waals surface area contributed by atoms with Crippen LogP contribution in [0.15, 0.2) is 29.3 Å². The fraction of sp³-hybridized carbons (Fsp3) is 0.318. The van der Waals surface area contributed by atoms with Crippen molar-refractivity contribution in [1.82, 2.24) is 4.98 Å². The zero-order chi connectivity index (χ0) is 21.3. The summed E-state index contributed by atoms with van der Waals surface area (Å²) in [5.74, 6) is 0.239. The molecule has 8 heteroatoms. The van der Waals surface area contributed by atoms with Gasteiger partial charge < -0.3 is 15.8 Å². The largest absolute Gasteiger partial charge is 0.494 e. The first kappa shape index (κ1) is 20.7. The summed E-state index contributed by atoms with van der Waals surface area (Å²) in [5.41, 5.74) is 8.96. The van der Waals surface area contributed by atoms with E-state index in [9.17, 15) is 9.59 Å². The molecular formula is C22H23N3O3S2. The van der Waals surface area contributed by atoms with Crippen molar-refractivity contribution in [3.8, 4) is 5.75 Å². The van der Waals surface area contributed by atoms with E-state index in [2.05, 4.69) is 10.3 Å². The van der Waals surface area contributed by atoms with Gasteiger partial charge in [0.2, 0.25) is 5.91 Å². The molecule has 6 nitrogen and oxygen atoms in total. The van der Waals surface area contributed by atoms with Crippen LogP contribution in [0.4, 0.5) is 5.00 Å². The van der Waals surface area contributed by atoms with Crippen LogP contribution in [-0.2, 0) is 17.6 Å². The summed E-state index contributed by atoms with van der Waals surface area (Å²) in [4.78, 5) is 30.4. The number of anilines is 1. The van der Waals surface area contributed by atoms with E-state index in [0.29, 0.717) is 16.3 Å². The number of benzene rings is 1. The Kier molecular flexibility index (Phi) is 5.97. The predicted molar refractivity (Wildman–Crippen MR) is 122 cm³/mol. The lowest BCUT2D eigenvalue weighted by atomic mass is 9.95. The minimum Gasteiger partial charge on any atom is -0.494 e. The maximum absolute atomic E-state index is 12.6. The highest BCUT2D eigenvalue weighted by molar-refractivity contribution is 7.99. The molecule has 3 N–H and O–H groups in total. The van der Waals surface area contributed by atoms with Crippen molar-refractivity contribution < 1.29 is 14.3 Å². The zero-order valence-corrected chi connectivity index (χ0v) is 18.5. The van der Waals surface area contributed by atoms with Crippen molar-refractivity contribution in [3.63, 3.8) is 0 Å². The Labute approximate surface area is 183 Å². The third-order valence-electron chi connectivity index (χ3n) is 5.23. The molecule has 0 bridgehead atoms. The standard InChI is InChI=1S/C22H23N3O3S2/c1-12-10-18(25-20-13(12)7-5-8-15(20)28-2)29-11-17(26)24-22-19(21(23)27)14-6-3-4-9-16(14)30-22/h5,7-8,10H,3-4,6,9,11H2,1-2H3,(H2,23,27)(H,24,26). The molecule has 0 unspecified atom stereocenters. The predicted octanol–water partition coefficient (Wildman–Crippen LogP) is 4.32. The van der Waals surface area contributed by atoms with Crippen LogP contribution >= 0.6 is 23.1 Å². The van der Waals surface area contributed by atoms with Gasteiger partial charge in [0.1, 0.15) is 16.3 Å². The van der Waals surface area contributed by atoms with Crippen LogP contribution in [-0.4, -0.2) is 29.7 Å². The molecule has 0 aliphatic heterocycles. The number of para-hydroxylation sites is 1. The molecule has 0 atom stereocenters. The van der Waals surface area contributed by atoms with Gasteiger partial charge in [-0.1, -0.05) is 23.9 Å². The normalized spacial score (nSPS) is 13.1. The van der Waals surface area contributed by atoms with E-state index in [1.165, 1.54) is 23.1 Å². The molecule has 1 aromatic carbocycles. The Balaban J connectivity index is 1.51. The van der Waals surface area contributed by atoms with Gasteiger partial charge in [-0.2, -0.15) is 0 Å². The lowest BCUT2D eigenvalue weighted by Gasteiger charge is -2.11. The second-order valence-corrected chi connectivity index (χ2v) is 9.35. The SMILES string of the molecule is COc1cccc2c(C)cc(SCC(=O)Nc3sc4c(c3C(N)=O)CCCC4)nc12. The van der Waals surface area contributed by atoms with Crippen molar-refractivity contribution >= 4 is 50.8 Å². The number of nitrogens with zero attached hydrogens (tertiary/aromatic N) is 1. The summed E-state index contributed by atoms with van der Waals surface area (Å²) in [7, 11) is 1.62. The van der Waals surface area contributed by atoms with Crippen LogP contribution in [0, 0.1) is 6.92 Å². The summed E-state index contributed by atoms with van der Waals surface area (Å²) < 4.78 is 5.42.